The Morgan fingerprint density at radius 1 is 1.38 bits per heavy atom. The molecule has 2 amide bonds. The number of aromatic nitrogens is 1. The Labute approximate surface area is 88.0 Å². The largest absolute Gasteiger partial charge is 0.298 e. The van der Waals surface area contributed by atoms with Crippen LogP contribution in [0.5, 0.6) is 0 Å². The molecule has 0 fully saturated rings. The quantitative estimate of drug-likeness (QED) is 0.349. The van der Waals surface area contributed by atoms with Gasteiger partial charge < -0.3 is 0 Å². The van der Waals surface area contributed by atoms with E-state index in [2.05, 4.69) is 15.8 Å². The molecule has 0 spiro atoms. The van der Waals surface area contributed by atoms with Crippen molar-refractivity contribution < 1.29 is 9.59 Å². The molecular weight excluding hydrogens is 285 g/mol. The van der Waals surface area contributed by atoms with E-state index in [9.17, 15) is 9.59 Å². The van der Waals surface area contributed by atoms with Gasteiger partial charge in [0.15, 0.2) is 0 Å². The Morgan fingerprint density at radius 2 is 2.15 bits per heavy atom. The van der Waals surface area contributed by atoms with Gasteiger partial charge in [0.2, 0.25) is 0 Å². The fourth-order valence-corrected chi connectivity index (χ4v) is 0.810. The van der Waals surface area contributed by atoms with Gasteiger partial charge in [-0.1, -0.05) is 0 Å². The minimum absolute atomic E-state index is 0.352. The number of rotatable bonds is 1. The Balaban J connectivity index is 2.54. The zero-order chi connectivity index (χ0) is 9.68. The summed E-state index contributed by atoms with van der Waals surface area (Å²) in [6, 6.07) is 3.24. The van der Waals surface area contributed by atoms with Gasteiger partial charge in [0.1, 0.15) is 0 Å². The number of halogens is 1. The molecule has 0 atom stereocenters. The smallest absolute Gasteiger partial charge is 0.267 e. The van der Waals surface area contributed by atoms with E-state index in [4.69, 9.17) is 0 Å². The van der Waals surface area contributed by atoms with Crippen LogP contribution < -0.4 is 10.9 Å². The Bertz CT molecular complexity index is 315. The number of amides is 2. The van der Waals surface area contributed by atoms with E-state index in [-0.39, 0.29) is 3.91 Å². The fourth-order valence-electron chi connectivity index (χ4n) is 0.675. The molecule has 1 aromatic heterocycles. The molecule has 0 radical (unpaired) electrons. The lowest BCUT2D eigenvalue weighted by molar-refractivity contribution is 0.0939. The monoisotopic (exact) mass is 291 g/mol. The molecule has 0 aliphatic heterocycles. The number of nitrogens with zero attached hydrogens (tertiary/aromatic N) is 1. The van der Waals surface area contributed by atoms with Crippen LogP contribution in [-0.4, -0.2) is 14.8 Å². The summed E-state index contributed by atoms with van der Waals surface area (Å²) in [7, 11) is 0. The van der Waals surface area contributed by atoms with Crippen LogP contribution in [0.4, 0.5) is 4.79 Å². The van der Waals surface area contributed by atoms with Crippen molar-refractivity contribution in [3.8, 4) is 0 Å². The van der Waals surface area contributed by atoms with Crippen LogP contribution in [0.25, 0.3) is 0 Å². The minimum Gasteiger partial charge on any atom is -0.267 e. The number of nitrogens with one attached hydrogen (secondary N) is 2. The summed E-state index contributed by atoms with van der Waals surface area (Å²) >= 11 is 1.51. The minimum atomic E-state index is -0.391. The summed E-state index contributed by atoms with van der Waals surface area (Å²) in [6.45, 7) is 0. The second-order valence-corrected chi connectivity index (χ2v) is 3.07. The predicted octanol–water partition coefficient (Wildman–Crippen LogP) is 0.871. The van der Waals surface area contributed by atoms with Gasteiger partial charge in [-0.25, -0.2) is 0 Å². The molecule has 13 heavy (non-hydrogen) atoms. The molecule has 1 rings (SSSR count). The first kappa shape index (κ1) is 9.90. The lowest BCUT2D eigenvalue weighted by Gasteiger charge is -2.02. The number of hydrogen-bond donors (Lipinski definition) is 2. The highest BCUT2D eigenvalue weighted by atomic mass is 127. The molecule has 68 valence electrons. The van der Waals surface area contributed by atoms with Gasteiger partial charge >= 0.3 is 0 Å². The average Bonchev–Trinajstić information content (AvgIpc) is 2.15. The van der Waals surface area contributed by atoms with Crippen LogP contribution in [0.15, 0.2) is 24.5 Å². The third-order valence-corrected chi connectivity index (χ3v) is 1.47. The van der Waals surface area contributed by atoms with Crippen LogP contribution in [-0.2, 0) is 0 Å². The summed E-state index contributed by atoms with van der Waals surface area (Å²) < 4.78 is -0.352. The van der Waals surface area contributed by atoms with Crippen LogP contribution >= 0.6 is 22.6 Å². The van der Waals surface area contributed by atoms with E-state index in [0.717, 1.165) is 0 Å². The van der Waals surface area contributed by atoms with E-state index in [1.807, 2.05) is 0 Å². The maximum absolute atomic E-state index is 11.2. The van der Waals surface area contributed by atoms with Crippen molar-refractivity contribution in [1.82, 2.24) is 15.8 Å². The van der Waals surface area contributed by atoms with Crippen LogP contribution in [0.3, 0.4) is 0 Å². The number of hydrogen-bond acceptors (Lipinski definition) is 3. The summed E-state index contributed by atoms with van der Waals surface area (Å²) in [5.74, 6) is -0.391. The standard InChI is InChI=1S/C7H6IN3O2/c8-7(13)11-10-6(12)5-2-1-3-9-4-5/h1-4H,(H,10,12)(H,11,13). The third kappa shape index (κ3) is 3.36. The number of carbonyl (C=O) groups excluding carboxylic acids is 2. The third-order valence-electron chi connectivity index (χ3n) is 1.20. The molecule has 1 aromatic rings. The highest BCUT2D eigenvalue weighted by Gasteiger charge is 2.04. The molecule has 1 heterocycles. The van der Waals surface area contributed by atoms with Gasteiger partial charge in [-0.15, -0.1) is 0 Å². The van der Waals surface area contributed by atoms with Crippen molar-refractivity contribution in [3.63, 3.8) is 0 Å². The SMILES string of the molecule is O=C(I)NNC(=O)c1cccnc1. The van der Waals surface area contributed by atoms with E-state index >= 15 is 0 Å². The molecule has 2 N–H and O–H groups in total. The Kier molecular flexibility index (Phi) is 3.62. The van der Waals surface area contributed by atoms with Gasteiger partial charge in [0.05, 0.1) is 5.56 Å². The van der Waals surface area contributed by atoms with Crippen molar-refractivity contribution in [2.45, 2.75) is 0 Å². The van der Waals surface area contributed by atoms with Crippen LogP contribution in [0.2, 0.25) is 0 Å². The average molecular weight is 291 g/mol. The van der Waals surface area contributed by atoms with Crippen LogP contribution in [0.1, 0.15) is 10.4 Å². The number of hydrazine groups is 1. The van der Waals surface area contributed by atoms with Gasteiger partial charge in [-0.3, -0.25) is 25.4 Å². The van der Waals surface area contributed by atoms with Gasteiger partial charge in [0, 0.05) is 35.0 Å². The van der Waals surface area contributed by atoms with E-state index in [1.54, 1.807) is 18.3 Å². The molecule has 0 saturated heterocycles. The summed E-state index contributed by atoms with van der Waals surface area (Å²) in [5, 5.41) is 0. The summed E-state index contributed by atoms with van der Waals surface area (Å²) in [6.07, 6.45) is 2.97. The zero-order valence-electron chi connectivity index (χ0n) is 6.45. The van der Waals surface area contributed by atoms with E-state index in [0.29, 0.717) is 5.56 Å². The van der Waals surface area contributed by atoms with Gasteiger partial charge in [-0.2, -0.15) is 0 Å². The highest BCUT2D eigenvalue weighted by Crippen LogP contribution is 1.93. The molecule has 0 bridgehead atoms. The maximum Gasteiger partial charge on any atom is 0.298 e. The molecule has 5 nitrogen and oxygen atoms in total. The first-order valence-electron chi connectivity index (χ1n) is 3.36. The zero-order valence-corrected chi connectivity index (χ0v) is 8.61. The lowest BCUT2D eigenvalue weighted by atomic mass is 10.3. The van der Waals surface area contributed by atoms with Crippen molar-refractivity contribution in [2.24, 2.45) is 0 Å². The number of carbonyl (C=O) groups is 2. The summed E-state index contributed by atoms with van der Waals surface area (Å²) in [5.41, 5.74) is 4.77. The predicted molar refractivity (Wildman–Crippen MR) is 54.3 cm³/mol. The molecule has 6 heteroatoms. The molecule has 0 saturated carbocycles. The Hall–Kier alpha value is -1.18. The van der Waals surface area contributed by atoms with E-state index < -0.39 is 5.91 Å². The lowest BCUT2D eigenvalue weighted by Crippen LogP contribution is -2.38. The second kappa shape index (κ2) is 4.75. The normalized spacial score (nSPS) is 9.00. The van der Waals surface area contributed by atoms with Gasteiger partial charge in [0.25, 0.3) is 9.82 Å². The molecule has 0 aliphatic rings. The van der Waals surface area contributed by atoms with Crippen molar-refractivity contribution >= 4 is 32.4 Å². The van der Waals surface area contributed by atoms with Crippen molar-refractivity contribution in [1.29, 1.82) is 0 Å². The summed E-state index contributed by atoms with van der Waals surface area (Å²) in [4.78, 5) is 25.4. The fraction of sp³-hybridized carbons (Fsp3) is 0. The second-order valence-electron chi connectivity index (χ2n) is 2.09. The van der Waals surface area contributed by atoms with Crippen molar-refractivity contribution in [3.05, 3.63) is 30.1 Å². The highest BCUT2D eigenvalue weighted by molar-refractivity contribution is 14.1. The maximum atomic E-state index is 11.2. The number of pyridine rings is 1. The van der Waals surface area contributed by atoms with E-state index in [1.165, 1.54) is 28.8 Å². The topological polar surface area (TPSA) is 71.1 Å². The first-order valence-corrected chi connectivity index (χ1v) is 4.44. The Morgan fingerprint density at radius 3 is 2.69 bits per heavy atom. The molecular formula is C7H6IN3O2. The molecule has 0 aliphatic carbocycles. The molecule has 0 unspecified atom stereocenters. The van der Waals surface area contributed by atoms with Crippen LogP contribution in [0, 0.1) is 0 Å². The van der Waals surface area contributed by atoms with Gasteiger partial charge in [-0.05, 0) is 12.1 Å². The first-order chi connectivity index (χ1) is 6.20. The molecule has 0 aromatic carbocycles. The van der Waals surface area contributed by atoms with Crippen molar-refractivity contribution in [2.75, 3.05) is 0 Å².